The molecule has 158 valence electrons. The number of nitrogens with zero attached hydrogens (tertiary/aromatic N) is 6. The molecule has 11 nitrogen and oxygen atoms in total. The number of benzene rings is 1. The Labute approximate surface area is 171 Å². The summed E-state index contributed by atoms with van der Waals surface area (Å²) in [4.78, 5) is 42.5. The van der Waals surface area contributed by atoms with Gasteiger partial charge in [0.25, 0.3) is 11.2 Å². The van der Waals surface area contributed by atoms with E-state index in [0.29, 0.717) is 23.7 Å². The second kappa shape index (κ2) is 7.41. The van der Waals surface area contributed by atoms with E-state index in [1.54, 1.807) is 23.7 Å². The van der Waals surface area contributed by atoms with Crippen LogP contribution in [0.1, 0.15) is 18.4 Å². The van der Waals surface area contributed by atoms with Gasteiger partial charge in [0.05, 0.1) is 11.5 Å². The van der Waals surface area contributed by atoms with Crippen LogP contribution >= 0.6 is 0 Å². The van der Waals surface area contributed by atoms with Crippen molar-refractivity contribution in [2.75, 3.05) is 18.0 Å². The van der Waals surface area contributed by atoms with Crippen molar-refractivity contribution in [1.82, 2.24) is 18.7 Å². The number of fused-ring (bicyclic) bond motifs is 1. The van der Waals surface area contributed by atoms with Crippen molar-refractivity contribution in [3.05, 3.63) is 60.8 Å². The number of piperidine rings is 1. The summed E-state index contributed by atoms with van der Waals surface area (Å²) >= 11 is 0. The Bertz CT molecular complexity index is 1240. The Morgan fingerprint density at radius 2 is 1.90 bits per heavy atom. The Morgan fingerprint density at radius 1 is 1.20 bits per heavy atom. The molecule has 2 N–H and O–H groups in total. The maximum absolute atomic E-state index is 13.0. The minimum atomic E-state index is -0.456. The fraction of sp³-hybridized carbons (Fsp3) is 0.421. The molecule has 1 fully saturated rings. The molecule has 1 aliphatic heterocycles. The van der Waals surface area contributed by atoms with Gasteiger partial charge in [0.2, 0.25) is 5.95 Å². The van der Waals surface area contributed by atoms with Crippen molar-refractivity contribution in [3.8, 4) is 0 Å². The Kier molecular flexibility index (Phi) is 4.90. The van der Waals surface area contributed by atoms with Gasteiger partial charge in [-0.25, -0.2) is 4.79 Å². The number of nitrogens with two attached hydrogens (primary N) is 1. The predicted octanol–water partition coefficient (Wildman–Crippen LogP) is 0.318. The largest absolute Gasteiger partial charge is 0.341 e. The average molecular weight is 413 g/mol. The van der Waals surface area contributed by atoms with E-state index < -0.39 is 16.2 Å². The van der Waals surface area contributed by atoms with Gasteiger partial charge in [-0.1, -0.05) is 12.1 Å². The molecule has 3 aromatic rings. The molecule has 0 saturated carbocycles. The molecule has 1 aromatic carbocycles. The number of anilines is 1. The van der Waals surface area contributed by atoms with Crippen LogP contribution in [0.25, 0.3) is 11.2 Å². The molecule has 3 heterocycles. The zero-order valence-corrected chi connectivity index (χ0v) is 16.8. The normalized spacial score (nSPS) is 16.9. The van der Waals surface area contributed by atoms with E-state index in [4.69, 9.17) is 5.73 Å². The van der Waals surface area contributed by atoms with Crippen LogP contribution in [0.2, 0.25) is 0 Å². The standard InChI is InChI=1S/C19H23N7O4/c1-22-16-15(17(27)23(2)19(22)28)25(10-12-5-7-14(8-6-12)26(29)30)18(21-16)24-9-3-4-13(20)11-24/h5-8,13H,3-4,9-11,20H2,1-2H3. The van der Waals surface area contributed by atoms with Crippen LogP contribution in [-0.4, -0.2) is 42.7 Å². The van der Waals surface area contributed by atoms with Gasteiger partial charge in [0.1, 0.15) is 0 Å². The molecule has 1 atom stereocenters. The number of rotatable bonds is 4. The summed E-state index contributed by atoms with van der Waals surface area (Å²) in [5.41, 5.74) is 6.65. The van der Waals surface area contributed by atoms with Gasteiger partial charge < -0.3 is 10.6 Å². The third kappa shape index (κ3) is 3.26. The average Bonchev–Trinajstić information content (AvgIpc) is 3.10. The second-order valence-corrected chi connectivity index (χ2v) is 7.65. The molecule has 11 heteroatoms. The molecule has 2 aromatic heterocycles. The number of nitro groups is 1. The van der Waals surface area contributed by atoms with E-state index in [1.807, 2.05) is 4.90 Å². The molecule has 0 radical (unpaired) electrons. The van der Waals surface area contributed by atoms with Gasteiger partial charge in [0.15, 0.2) is 11.2 Å². The summed E-state index contributed by atoms with van der Waals surface area (Å²) in [5, 5.41) is 10.9. The lowest BCUT2D eigenvalue weighted by atomic mass is 10.1. The number of aryl methyl sites for hydroxylation is 1. The lowest BCUT2D eigenvalue weighted by Gasteiger charge is -2.31. The first-order valence-electron chi connectivity index (χ1n) is 9.68. The lowest BCUT2D eigenvalue weighted by molar-refractivity contribution is -0.384. The number of hydrogen-bond donors (Lipinski definition) is 1. The number of imidazole rings is 1. The summed E-state index contributed by atoms with van der Waals surface area (Å²) in [5.74, 6) is 0.566. The van der Waals surface area contributed by atoms with Crippen molar-refractivity contribution >= 4 is 22.8 Å². The van der Waals surface area contributed by atoms with Crippen LogP contribution < -0.4 is 21.9 Å². The number of aromatic nitrogens is 4. The molecule has 1 aliphatic rings. The van der Waals surface area contributed by atoms with Crippen molar-refractivity contribution < 1.29 is 4.92 Å². The van der Waals surface area contributed by atoms with Crippen molar-refractivity contribution in [3.63, 3.8) is 0 Å². The summed E-state index contributed by atoms with van der Waals surface area (Å²) in [6.45, 7) is 1.62. The molecule has 0 amide bonds. The highest BCUT2D eigenvalue weighted by Crippen LogP contribution is 2.24. The van der Waals surface area contributed by atoms with Crippen molar-refractivity contribution in [1.29, 1.82) is 0 Å². The number of non-ortho nitro benzene ring substituents is 1. The van der Waals surface area contributed by atoms with E-state index in [1.165, 1.54) is 23.7 Å². The Hall–Kier alpha value is -3.47. The molecular formula is C19H23N7O4. The molecule has 0 spiro atoms. The lowest BCUT2D eigenvalue weighted by Crippen LogP contribution is -2.44. The maximum Gasteiger partial charge on any atom is 0.332 e. The smallest absolute Gasteiger partial charge is 0.332 e. The first kappa shape index (κ1) is 19.8. The van der Waals surface area contributed by atoms with E-state index in [2.05, 4.69) is 4.98 Å². The van der Waals surface area contributed by atoms with Gasteiger partial charge in [-0.3, -0.25) is 28.6 Å². The predicted molar refractivity (Wildman–Crippen MR) is 112 cm³/mol. The van der Waals surface area contributed by atoms with Crippen LogP contribution in [-0.2, 0) is 20.6 Å². The second-order valence-electron chi connectivity index (χ2n) is 7.65. The summed E-state index contributed by atoms with van der Waals surface area (Å²) in [7, 11) is 3.02. The first-order valence-corrected chi connectivity index (χ1v) is 9.68. The van der Waals surface area contributed by atoms with Gasteiger partial charge >= 0.3 is 5.69 Å². The summed E-state index contributed by atoms with van der Waals surface area (Å²) in [6.07, 6.45) is 1.82. The topological polar surface area (TPSA) is 134 Å². The SMILES string of the molecule is Cn1c(=O)c2c(nc(N3CCCC(N)C3)n2Cc2ccc([N+](=O)[O-])cc2)n(C)c1=O. The zero-order valence-electron chi connectivity index (χ0n) is 16.8. The molecular weight excluding hydrogens is 390 g/mol. The van der Waals surface area contributed by atoms with Gasteiger partial charge in [-0.2, -0.15) is 4.98 Å². The zero-order chi connectivity index (χ0) is 21.6. The molecule has 30 heavy (non-hydrogen) atoms. The van der Waals surface area contributed by atoms with Gasteiger partial charge in [-0.05, 0) is 18.4 Å². The molecule has 1 unspecified atom stereocenters. The van der Waals surface area contributed by atoms with Crippen molar-refractivity contribution in [2.45, 2.75) is 25.4 Å². The van der Waals surface area contributed by atoms with Crippen molar-refractivity contribution in [2.24, 2.45) is 19.8 Å². The van der Waals surface area contributed by atoms with E-state index >= 15 is 0 Å². The quantitative estimate of drug-likeness (QED) is 0.481. The van der Waals surface area contributed by atoms with Crippen LogP contribution in [0.5, 0.6) is 0 Å². The minimum absolute atomic E-state index is 0.00182. The summed E-state index contributed by atoms with van der Waals surface area (Å²) < 4.78 is 4.19. The highest BCUT2D eigenvalue weighted by Gasteiger charge is 2.26. The van der Waals surface area contributed by atoms with E-state index in [-0.39, 0.29) is 18.3 Å². The highest BCUT2D eigenvalue weighted by molar-refractivity contribution is 5.75. The van der Waals surface area contributed by atoms with Crippen LogP contribution in [0.15, 0.2) is 33.9 Å². The highest BCUT2D eigenvalue weighted by atomic mass is 16.6. The van der Waals surface area contributed by atoms with Crippen LogP contribution in [0.4, 0.5) is 11.6 Å². The third-order valence-electron chi connectivity index (χ3n) is 5.56. The van der Waals surface area contributed by atoms with Crippen LogP contribution in [0, 0.1) is 10.1 Å². The van der Waals surface area contributed by atoms with Crippen LogP contribution in [0.3, 0.4) is 0 Å². The number of nitro benzene ring substituents is 1. The maximum atomic E-state index is 13.0. The third-order valence-corrected chi connectivity index (χ3v) is 5.56. The van der Waals surface area contributed by atoms with E-state index in [0.717, 1.165) is 29.5 Å². The monoisotopic (exact) mass is 413 g/mol. The van der Waals surface area contributed by atoms with E-state index in [9.17, 15) is 19.7 Å². The Balaban J connectivity index is 1.90. The molecule has 0 bridgehead atoms. The molecule has 1 saturated heterocycles. The number of hydrogen-bond acceptors (Lipinski definition) is 7. The fourth-order valence-electron chi connectivity index (χ4n) is 3.92. The minimum Gasteiger partial charge on any atom is -0.341 e. The fourth-order valence-corrected chi connectivity index (χ4v) is 3.92. The van der Waals surface area contributed by atoms with Gasteiger partial charge in [0, 0.05) is 45.4 Å². The summed E-state index contributed by atoms with van der Waals surface area (Å²) in [6, 6.07) is 6.17. The van der Waals surface area contributed by atoms with Gasteiger partial charge in [-0.15, -0.1) is 0 Å². The Morgan fingerprint density at radius 3 is 2.53 bits per heavy atom. The molecule has 0 aliphatic carbocycles. The first-order chi connectivity index (χ1) is 14.3. The molecule has 4 rings (SSSR count).